The van der Waals surface area contributed by atoms with Crippen molar-refractivity contribution in [2.24, 2.45) is 0 Å². The second-order valence-electron chi connectivity index (χ2n) is 5.10. The first kappa shape index (κ1) is 17.2. The monoisotopic (exact) mass is 377 g/mol. The Morgan fingerprint density at radius 2 is 1.60 bits per heavy atom. The molecule has 0 fully saturated rings. The van der Waals surface area contributed by atoms with Gasteiger partial charge < -0.3 is 5.32 Å². The molecule has 0 saturated heterocycles. The summed E-state index contributed by atoms with van der Waals surface area (Å²) in [5, 5.41) is 3.12. The maximum atomic E-state index is 12.9. The summed E-state index contributed by atoms with van der Waals surface area (Å²) < 4.78 is 40.0. The molecule has 0 bridgehead atoms. The Morgan fingerprint density at radius 1 is 0.920 bits per heavy atom. The third-order valence-electron chi connectivity index (χ3n) is 3.26. The van der Waals surface area contributed by atoms with Crippen molar-refractivity contribution in [3.8, 4) is 0 Å². The van der Waals surface area contributed by atoms with E-state index in [1.54, 1.807) is 36.4 Å². The van der Waals surface area contributed by atoms with Crippen molar-refractivity contribution >= 4 is 38.8 Å². The number of benzene rings is 2. The normalized spacial score (nSPS) is 11.1. The van der Waals surface area contributed by atoms with Crippen molar-refractivity contribution < 1.29 is 12.8 Å². The summed E-state index contributed by atoms with van der Waals surface area (Å²) in [7, 11) is -3.80. The molecular weight excluding hydrogens is 365 g/mol. The third kappa shape index (κ3) is 4.26. The van der Waals surface area contributed by atoms with Crippen LogP contribution in [-0.2, 0) is 10.0 Å². The highest BCUT2D eigenvalue weighted by Gasteiger charge is 2.17. The summed E-state index contributed by atoms with van der Waals surface area (Å²) in [6.45, 7) is 0. The average Bonchev–Trinajstić information content (AvgIpc) is 2.59. The van der Waals surface area contributed by atoms with Crippen molar-refractivity contribution in [3.63, 3.8) is 0 Å². The fourth-order valence-corrected chi connectivity index (χ4v) is 3.65. The van der Waals surface area contributed by atoms with Crippen LogP contribution in [0.1, 0.15) is 0 Å². The number of pyridine rings is 1. The van der Waals surface area contributed by atoms with E-state index < -0.39 is 10.0 Å². The molecule has 0 aliphatic rings. The summed E-state index contributed by atoms with van der Waals surface area (Å²) in [6.07, 6.45) is 1.38. The van der Waals surface area contributed by atoms with Gasteiger partial charge in [-0.25, -0.2) is 17.8 Å². The van der Waals surface area contributed by atoms with Gasteiger partial charge in [0.25, 0.3) is 10.0 Å². The Hall–Kier alpha value is -2.64. The van der Waals surface area contributed by atoms with Crippen LogP contribution >= 0.6 is 11.6 Å². The van der Waals surface area contributed by atoms with E-state index in [0.29, 0.717) is 17.2 Å². The first-order valence-corrected chi connectivity index (χ1v) is 9.06. The number of aromatic nitrogens is 1. The predicted octanol–water partition coefficient (Wildman–Crippen LogP) is 4.42. The highest BCUT2D eigenvalue weighted by Crippen LogP contribution is 2.23. The molecule has 3 rings (SSSR count). The molecule has 5 nitrogen and oxygen atoms in total. The van der Waals surface area contributed by atoms with Gasteiger partial charge in [0, 0.05) is 5.69 Å². The van der Waals surface area contributed by atoms with Gasteiger partial charge in [0.15, 0.2) is 0 Å². The number of nitrogens with zero attached hydrogens (tertiary/aromatic N) is 1. The molecule has 0 spiro atoms. The first-order valence-electron chi connectivity index (χ1n) is 7.20. The summed E-state index contributed by atoms with van der Waals surface area (Å²) in [4.78, 5) is 4.12. The van der Waals surface area contributed by atoms with Crippen LogP contribution < -0.4 is 10.0 Å². The Kier molecular flexibility index (Phi) is 4.87. The zero-order chi connectivity index (χ0) is 17.9. The number of sulfonamides is 1. The van der Waals surface area contributed by atoms with Gasteiger partial charge in [-0.1, -0.05) is 23.7 Å². The highest BCUT2D eigenvalue weighted by molar-refractivity contribution is 7.92. The molecule has 25 heavy (non-hydrogen) atoms. The van der Waals surface area contributed by atoms with Crippen molar-refractivity contribution in [2.75, 3.05) is 10.0 Å². The zero-order valence-corrected chi connectivity index (χ0v) is 14.4. The molecule has 0 radical (unpaired) electrons. The van der Waals surface area contributed by atoms with Gasteiger partial charge in [-0.05, 0) is 48.5 Å². The lowest BCUT2D eigenvalue weighted by Gasteiger charge is -2.10. The van der Waals surface area contributed by atoms with Gasteiger partial charge in [-0.2, -0.15) is 0 Å². The average molecular weight is 378 g/mol. The molecule has 0 aliphatic heterocycles. The second-order valence-corrected chi connectivity index (χ2v) is 7.16. The molecule has 1 aromatic heterocycles. The minimum Gasteiger partial charge on any atom is -0.340 e. The Morgan fingerprint density at radius 3 is 2.24 bits per heavy atom. The molecule has 2 N–H and O–H groups in total. The van der Waals surface area contributed by atoms with Crippen LogP contribution in [0.3, 0.4) is 0 Å². The topological polar surface area (TPSA) is 71.1 Å². The molecule has 2 aromatic carbocycles. The Labute approximate surface area is 149 Å². The van der Waals surface area contributed by atoms with Crippen LogP contribution in [0.2, 0.25) is 5.02 Å². The number of nitrogens with one attached hydrogen (secondary N) is 2. The van der Waals surface area contributed by atoms with Crippen LogP contribution in [0, 0.1) is 5.82 Å². The molecule has 8 heteroatoms. The summed E-state index contributed by atoms with van der Waals surface area (Å²) in [6, 6.07) is 15.1. The number of hydrogen-bond donors (Lipinski definition) is 2. The second kappa shape index (κ2) is 7.08. The lowest BCUT2D eigenvalue weighted by Crippen LogP contribution is -2.13. The van der Waals surface area contributed by atoms with E-state index in [1.165, 1.54) is 30.5 Å². The van der Waals surface area contributed by atoms with Crippen molar-refractivity contribution in [2.45, 2.75) is 4.90 Å². The van der Waals surface area contributed by atoms with E-state index in [4.69, 9.17) is 11.6 Å². The van der Waals surface area contributed by atoms with Gasteiger partial charge in [0.05, 0.1) is 16.9 Å². The van der Waals surface area contributed by atoms with E-state index in [9.17, 15) is 12.8 Å². The molecule has 0 aliphatic carbocycles. The highest BCUT2D eigenvalue weighted by atomic mass is 35.5. The van der Waals surface area contributed by atoms with Gasteiger partial charge in [0.1, 0.15) is 16.5 Å². The van der Waals surface area contributed by atoms with Crippen molar-refractivity contribution in [1.82, 2.24) is 4.98 Å². The van der Waals surface area contributed by atoms with Crippen molar-refractivity contribution in [1.29, 1.82) is 0 Å². The fraction of sp³-hybridized carbons (Fsp3) is 0. The van der Waals surface area contributed by atoms with Gasteiger partial charge in [-0.15, -0.1) is 0 Å². The maximum Gasteiger partial charge on any atom is 0.263 e. The van der Waals surface area contributed by atoms with E-state index >= 15 is 0 Å². The molecular formula is C17H13ClFN3O2S. The minimum atomic E-state index is -3.80. The van der Waals surface area contributed by atoms with Gasteiger partial charge in [-0.3, -0.25) is 4.72 Å². The number of hydrogen-bond acceptors (Lipinski definition) is 4. The van der Waals surface area contributed by atoms with Crippen LogP contribution in [0.5, 0.6) is 0 Å². The summed E-state index contributed by atoms with van der Waals surface area (Å²) >= 11 is 5.93. The number of halogens is 2. The van der Waals surface area contributed by atoms with Crippen LogP contribution in [-0.4, -0.2) is 13.4 Å². The minimum absolute atomic E-state index is 0.00909. The SMILES string of the molecule is O=S(=O)(Nc1ccc(Nc2ccc(F)cc2)nc1)c1ccccc1Cl. The molecule has 1 heterocycles. The molecule has 0 saturated carbocycles. The largest absolute Gasteiger partial charge is 0.340 e. The maximum absolute atomic E-state index is 12.9. The summed E-state index contributed by atoms with van der Waals surface area (Å²) in [5.41, 5.74) is 0.961. The summed E-state index contributed by atoms with van der Waals surface area (Å²) in [5.74, 6) is 0.162. The van der Waals surface area contributed by atoms with Crippen LogP contribution in [0.25, 0.3) is 0 Å². The lowest BCUT2D eigenvalue weighted by atomic mass is 10.3. The standard InChI is InChI=1S/C17H13ClFN3O2S/c18-15-3-1-2-4-16(15)25(23,24)22-14-9-10-17(20-11-14)21-13-7-5-12(19)6-8-13/h1-11,22H,(H,20,21). The predicted molar refractivity (Wildman–Crippen MR) is 96.2 cm³/mol. The first-order chi connectivity index (χ1) is 11.9. The van der Waals surface area contributed by atoms with Crippen molar-refractivity contribution in [3.05, 3.63) is 77.7 Å². The third-order valence-corrected chi connectivity index (χ3v) is 5.14. The number of anilines is 3. The van der Waals surface area contributed by atoms with Gasteiger partial charge in [0.2, 0.25) is 0 Å². The quantitative estimate of drug-likeness (QED) is 0.690. The van der Waals surface area contributed by atoms with E-state index in [1.807, 2.05) is 0 Å². The van der Waals surface area contributed by atoms with Crippen LogP contribution in [0.4, 0.5) is 21.6 Å². The lowest BCUT2D eigenvalue weighted by molar-refractivity contribution is 0.601. The molecule has 0 atom stereocenters. The molecule has 0 amide bonds. The number of rotatable bonds is 5. The van der Waals surface area contributed by atoms with E-state index in [-0.39, 0.29) is 15.7 Å². The fourth-order valence-electron chi connectivity index (χ4n) is 2.08. The molecule has 0 unspecified atom stereocenters. The van der Waals surface area contributed by atoms with Crippen LogP contribution in [0.15, 0.2) is 71.8 Å². The molecule has 3 aromatic rings. The smallest absolute Gasteiger partial charge is 0.263 e. The molecule has 128 valence electrons. The Bertz CT molecular complexity index is 978. The van der Waals surface area contributed by atoms with Gasteiger partial charge >= 0.3 is 0 Å². The van der Waals surface area contributed by atoms with E-state index in [0.717, 1.165) is 0 Å². The zero-order valence-electron chi connectivity index (χ0n) is 12.8. The Balaban J connectivity index is 1.74. The van der Waals surface area contributed by atoms with E-state index in [2.05, 4.69) is 15.0 Å².